The van der Waals surface area contributed by atoms with E-state index in [4.69, 9.17) is 28.2 Å². The Morgan fingerprint density at radius 3 is 2.59 bits per heavy atom. The van der Waals surface area contributed by atoms with Crippen molar-refractivity contribution in [2.75, 3.05) is 0 Å². The van der Waals surface area contributed by atoms with Crippen LogP contribution in [0.4, 0.5) is 0 Å². The van der Waals surface area contributed by atoms with Crippen LogP contribution < -0.4 is 0 Å². The van der Waals surface area contributed by atoms with E-state index in [1.807, 2.05) is 31.2 Å². The van der Waals surface area contributed by atoms with Crippen molar-refractivity contribution in [1.29, 1.82) is 0 Å². The monoisotopic (exact) mass is 330 g/mol. The minimum absolute atomic E-state index is 0.0501. The van der Waals surface area contributed by atoms with Crippen molar-refractivity contribution in [3.63, 3.8) is 0 Å². The van der Waals surface area contributed by atoms with Gasteiger partial charge in [0.2, 0.25) is 0 Å². The molecule has 1 atom stereocenters. The van der Waals surface area contributed by atoms with Gasteiger partial charge in [0.15, 0.2) is 5.78 Å². The predicted octanol–water partition coefficient (Wildman–Crippen LogP) is 5.16. The first-order valence-corrected chi connectivity index (χ1v) is 7.81. The number of rotatable bonds is 1. The number of hydrogen-bond acceptors (Lipinski definition) is 2. The Bertz CT molecular complexity index is 913. The average Bonchev–Trinajstić information content (AvgIpc) is 2.89. The van der Waals surface area contributed by atoms with Crippen LogP contribution in [0.2, 0.25) is 10.0 Å². The second kappa shape index (κ2) is 4.83. The molecule has 4 rings (SSSR count). The van der Waals surface area contributed by atoms with E-state index in [1.165, 1.54) is 0 Å². The summed E-state index contributed by atoms with van der Waals surface area (Å²) < 4.78 is 2.11. The summed E-state index contributed by atoms with van der Waals surface area (Å²) in [7, 11) is 0. The zero-order chi connectivity index (χ0) is 15.4. The first kappa shape index (κ1) is 13.8. The van der Waals surface area contributed by atoms with Crippen LogP contribution in [0.15, 0.2) is 36.4 Å². The second-order valence-electron chi connectivity index (χ2n) is 5.58. The maximum atomic E-state index is 12.3. The predicted molar refractivity (Wildman–Crippen MR) is 88.8 cm³/mol. The lowest BCUT2D eigenvalue weighted by Gasteiger charge is -2.23. The molecule has 0 radical (unpaired) electrons. The maximum absolute atomic E-state index is 12.3. The van der Waals surface area contributed by atoms with Crippen LogP contribution in [0, 0.1) is 0 Å². The summed E-state index contributed by atoms with van der Waals surface area (Å²) >= 11 is 12.3. The summed E-state index contributed by atoms with van der Waals surface area (Å²) in [6, 6.07) is 11.1. The number of halogens is 2. The van der Waals surface area contributed by atoms with E-state index >= 15 is 0 Å². The number of carbonyl (C=O) groups excluding carboxylic acids is 1. The highest BCUT2D eigenvalue weighted by Crippen LogP contribution is 2.38. The van der Waals surface area contributed by atoms with E-state index in [2.05, 4.69) is 4.57 Å². The molecular weight excluding hydrogens is 319 g/mol. The number of Topliss-reactive ketones (excluding diaryl/α,β-unsaturated/α-hetero) is 1. The molecule has 1 aromatic heterocycles. The van der Waals surface area contributed by atoms with E-state index in [0.29, 0.717) is 27.5 Å². The Morgan fingerprint density at radius 2 is 1.86 bits per heavy atom. The van der Waals surface area contributed by atoms with Crippen LogP contribution in [0.3, 0.4) is 0 Å². The molecule has 5 heteroatoms. The fourth-order valence-corrected chi connectivity index (χ4v) is 3.42. The van der Waals surface area contributed by atoms with Gasteiger partial charge in [-0.05, 0) is 43.3 Å². The first-order chi connectivity index (χ1) is 10.6. The molecule has 1 aliphatic rings. The van der Waals surface area contributed by atoms with Gasteiger partial charge in [-0.1, -0.05) is 23.2 Å². The van der Waals surface area contributed by atoms with Crippen molar-refractivity contribution < 1.29 is 4.79 Å². The van der Waals surface area contributed by atoms with Gasteiger partial charge in [0.25, 0.3) is 0 Å². The third-order valence-corrected chi connectivity index (χ3v) is 4.67. The van der Waals surface area contributed by atoms with Crippen LogP contribution >= 0.6 is 23.2 Å². The van der Waals surface area contributed by atoms with Gasteiger partial charge in [-0.3, -0.25) is 4.79 Å². The van der Waals surface area contributed by atoms with E-state index < -0.39 is 0 Å². The van der Waals surface area contributed by atoms with Crippen LogP contribution in [0.25, 0.3) is 22.4 Å². The highest BCUT2D eigenvalue weighted by atomic mass is 35.5. The molecule has 0 spiro atoms. The summed E-state index contributed by atoms with van der Waals surface area (Å²) in [6.07, 6.45) is 0.473. The van der Waals surface area contributed by atoms with Crippen molar-refractivity contribution in [3.05, 3.63) is 52.0 Å². The van der Waals surface area contributed by atoms with Crippen LogP contribution in [0.1, 0.15) is 29.7 Å². The standard InChI is InChI=1S/C17H12Cl2N2O/c1-9-8-14(22)12-6-7-13(19)15-16(12)21(9)17(20-15)10-2-4-11(18)5-3-10/h2-7,9H,8H2,1H3. The fourth-order valence-electron chi connectivity index (χ4n) is 3.10. The lowest BCUT2D eigenvalue weighted by atomic mass is 9.98. The van der Waals surface area contributed by atoms with E-state index in [1.54, 1.807) is 12.1 Å². The van der Waals surface area contributed by atoms with Gasteiger partial charge >= 0.3 is 0 Å². The zero-order valence-corrected chi connectivity index (χ0v) is 13.3. The normalized spacial score (nSPS) is 17.2. The van der Waals surface area contributed by atoms with Crippen molar-refractivity contribution in [2.24, 2.45) is 0 Å². The van der Waals surface area contributed by atoms with Crippen LogP contribution in [0.5, 0.6) is 0 Å². The molecule has 2 aromatic carbocycles. The number of benzene rings is 2. The molecule has 0 aliphatic carbocycles. The fraction of sp³-hybridized carbons (Fsp3) is 0.176. The number of nitrogens with zero attached hydrogens (tertiary/aromatic N) is 2. The highest BCUT2D eigenvalue weighted by Gasteiger charge is 2.29. The summed E-state index contributed by atoms with van der Waals surface area (Å²) in [5.74, 6) is 0.963. The largest absolute Gasteiger partial charge is 0.320 e. The third kappa shape index (κ3) is 1.89. The lowest BCUT2D eigenvalue weighted by Crippen LogP contribution is -2.19. The van der Waals surface area contributed by atoms with Gasteiger partial charge in [-0.25, -0.2) is 4.98 Å². The molecule has 0 N–H and O–H groups in total. The summed E-state index contributed by atoms with van der Waals surface area (Å²) in [5.41, 5.74) is 3.18. The number of aromatic nitrogens is 2. The third-order valence-electron chi connectivity index (χ3n) is 4.11. The summed E-state index contributed by atoms with van der Waals surface area (Å²) in [6.45, 7) is 2.03. The van der Waals surface area contributed by atoms with Crippen molar-refractivity contribution >= 4 is 40.0 Å². The topological polar surface area (TPSA) is 34.9 Å². The van der Waals surface area contributed by atoms with Gasteiger partial charge < -0.3 is 4.57 Å². The number of imidazole rings is 1. The van der Waals surface area contributed by atoms with Gasteiger partial charge in [0, 0.05) is 28.6 Å². The quantitative estimate of drug-likeness (QED) is 0.617. The first-order valence-electron chi connectivity index (χ1n) is 7.06. The summed E-state index contributed by atoms with van der Waals surface area (Å²) in [4.78, 5) is 17.0. The van der Waals surface area contributed by atoms with Crippen molar-refractivity contribution in [1.82, 2.24) is 9.55 Å². The van der Waals surface area contributed by atoms with Gasteiger partial charge in [0.05, 0.1) is 10.5 Å². The molecule has 22 heavy (non-hydrogen) atoms. The Kier molecular flexibility index (Phi) is 3.03. The molecule has 0 bridgehead atoms. The molecule has 0 saturated carbocycles. The van der Waals surface area contributed by atoms with Crippen molar-refractivity contribution in [3.8, 4) is 11.4 Å². The van der Waals surface area contributed by atoms with Crippen LogP contribution in [-0.4, -0.2) is 15.3 Å². The van der Waals surface area contributed by atoms with E-state index in [0.717, 1.165) is 16.9 Å². The molecule has 0 saturated heterocycles. The smallest absolute Gasteiger partial charge is 0.167 e. The van der Waals surface area contributed by atoms with Gasteiger partial charge in [-0.15, -0.1) is 0 Å². The Balaban J connectivity index is 2.10. The van der Waals surface area contributed by atoms with Crippen LogP contribution in [-0.2, 0) is 0 Å². The summed E-state index contributed by atoms with van der Waals surface area (Å²) in [5, 5.41) is 1.25. The minimum Gasteiger partial charge on any atom is -0.320 e. The molecule has 1 aliphatic heterocycles. The number of ketones is 1. The minimum atomic E-state index is 0.0501. The average molecular weight is 331 g/mol. The second-order valence-corrected chi connectivity index (χ2v) is 6.42. The lowest BCUT2D eigenvalue weighted by molar-refractivity contribution is 0.0961. The molecule has 1 unspecified atom stereocenters. The molecular formula is C17H12Cl2N2O. The Labute approximate surface area is 137 Å². The Morgan fingerprint density at radius 1 is 1.14 bits per heavy atom. The highest BCUT2D eigenvalue weighted by molar-refractivity contribution is 6.35. The molecule has 2 heterocycles. The SMILES string of the molecule is CC1CC(=O)c2ccc(Cl)c3nc(-c4ccc(Cl)cc4)n1c23. The van der Waals surface area contributed by atoms with Gasteiger partial charge in [-0.2, -0.15) is 0 Å². The molecule has 0 amide bonds. The Hall–Kier alpha value is -1.84. The number of hydrogen-bond donors (Lipinski definition) is 0. The van der Waals surface area contributed by atoms with Gasteiger partial charge in [0.1, 0.15) is 11.3 Å². The number of carbonyl (C=O) groups is 1. The van der Waals surface area contributed by atoms with Crippen molar-refractivity contribution in [2.45, 2.75) is 19.4 Å². The molecule has 3 nitrogen and oxygen atoms in total. The van der Waals surface area contributed by atoms with E-state index in [-0.39, 0.29) is 11.8 Å². The zero-order valence-electron chi connectivity index (χ0n) is 11.8. The molecule has 3 aromatic rings. The maximum Gasteiger partial charge on any atom is 0.167 e. The molecule has 110 valence electrons. The van der Waals surface area contributed by atoms with E-state index in [9.17, 15) is 4.79 Å². The molecule has 0 fully saturated rings.